The molecule has 0 saturated carbocycles. The average Bonchev–Trinajstić information content (AvgIpc) is 2.95. The molecule has 1 N–H and O–H groups in total. The summed E-state index contributed by atoms with van der Waals surface area (Å²) in [5.74, 6) is 0. The minimum absolute atomic E-state index is 0.214. The van der Waals surface area contributed by atoms with E-state index >= 15 is 0 Å². The molecule has 0 spiro atoms. The maximum Gasteiger partial charge on any atom is 0.0701 e. The van der Waals surface area contributed by atoms with Crippen LogP contribution in [0.15, 0.2) is 75.9 Å². The molecule has 0 radical (unpaired) electrons. The topological polar surface area (TPSA) is 12.0 Å². The Morgan fingerprint density at radius 2 is 1.48 bits per heavy atom. The van der Waals surface area contributed by atoms with Crippen molar-refractivity contribution in [2.75, 3.05) is 0 Å². The summed E-state index contributed by atoms with van der Waals surface area (Å²) < 4.78 is 1.18. The predicted molar refractivity (Wildman–Crippen MR) is 93.6 cm³/mol. The number of thiophene rings is 1. The van der Waals surface area contributed by atoms with E-state index in [1.165, 1.54) is 20.5 Å². The summed E-state index contributed by atoms with van der Waals surface area (Å²) in [4.78, 5) is 0. The van der Waals surface area contributed by atoms with Gasteiger partial charge in [-0.1, -0.05) is 60.7 Å². The van der Waals surface area contributed by atoms with Crippen LogP contribution in [0.1, 0.15) is 22.7 Å². The molecule has 0 fully saturated rings. The van der Waals surface area contributed by atoms with Crippen LogP contribution in [-0.2, 0) is 6.54 Å². The number of benzene rings is 2. The van der Waals surface area contributed by atoms with E-state index in [4.69, 9.17) is 0 Å². The minimum Gasteiger partial charge on any atom is -0.302 e. The molecule has 0 atom stereocenters. The molecule has 106 valence electrons. The van der Waals surface area contributed by atoms with E-state index in [9.17, 15) is 0 Å². The lowest BCUT2D eigenvalue weighted by Gasteiger charge is -2.19. The van der Waals surface area contributed by atoms with Crippen LogP contribution < -0.4 is 5.32 Å². The Kier molecular flexibility index (Phi) is 4.86. The maximum atomic E-state index is 3.67. The molecule has 0 aliphatic carbocycles. The SMILES string of the molecule is Brc1cc(CNC(c2ccccc2)c2ccccc2)cs1. The highest BCUT2D eigenvalue weighted by Gasteiger charge is 2.13. The summed E-state index contributed by atoms with van der Waals surface area (Å²) in [6, 6.07) is 23.6. The van der Waals surface area contributed by atoms with Crippen molar-refractivity contribution in [1.82, 2.24) is 5.32 Å². The molecular weight excluding hydrogens is 342 g/mol. The number of rotatable bonds is 5. The first-order valence-corrected chi connectivity index (χ1v) is 8.56. The summed E-state index contributed by atoms with van der Waals surface area (Å²) in [5.41, 5.74) is 3.89. The molecule has 0 unspecified atom stereocenters. The van der Waals surface area contributed by atoms with Gasteiger partial charge in [-0.2, -0.15) is 0 Å². The van der Waals surface area contributed by atoms with E-state index in [1.54, 1.807) is 11.3 Å². The van der Waals surface area contributed by atoms with Crippen molar-refractivity contribution < 1.29 is 0 Å². The standard InChI is InChI=1S/C18H16BrNS/c19-17-11-14(13-21-17)12-20-18(15-7-3-1-4-8-15)16-9-5-2-6-10-16/h1-11,13,18,20H,12H2. The second kappa shape index (κ2) is 7.03. The van der Waals surface area contributed by atoms with Gasteiger partial charge in [-0.15, -0.1) is 11.3 Å². The summed E-state index contributed by atoms with van der Waals surface area (Å²) >= 11 is 5.24. The maximum absolute atomic E-state index is 3.67. The third-order valence-electron chi connectivity index (χ3n) is 3.40. The molecule has 0 aliphatic heterocycles. The van der Waals surface area contributed by atoms with Crippen LogP contribution >= 0.6 is 27.3 Å². The van der Waals surface area contributed by atoms with E-state index in [0.717, 1.165) is 6.54 Å². The largest absolute Gasteiger partial charge is 0.302 e. The van der Waals surface area contributed by atoms with Gasteiger partial charge in [0.05, 0.1) is 9.83 Å². The highest BCUT2D eigenvalue weighted by Crippen LogP contribution is 2.24. The Morgan fingerprint density at radius 1 is 0.905 bits per heavy atom. The lowest BCUT2D eigenvalue weighted by molar-refractivity contribution is 0.606. The zero-order valence-electron chi connectivity index (χ0n) is 11.5. The van der Waals surface area contributed by atoms with Crippen LogP contribution in [0.2, 0.25) is 0 Å². The third kappa shape index (κ3) is 3.82. The third-order valence-corrected chi connectivity index (χ3v) is 4.95. The van der Waals surface area contributed by atoms with Gasteiger partial charge in [0.2, 0.25) is 0 Å². The van der Waals surface area contributed by atoms with Crippen LogP contribution in [0.5, 0.6) is 0 Å². The van der Waals surface area contributed by atoms with Crippen LogP contribution in [0.3, 0.4) is 0 Å². The van der Waals surface area contributed by atoms with Gasteiger partial charge in [0, 0.05) is 6.54 Å². The van der Waals surface area contributed by atoms with Gasteiger partial charge < -0.3 is 5.32 Å². The fourth-order valence-corrected chi connectivity index (χ4v) is 3.59. The van der Waals surface area contributed by atoms with Crippen molar-refractivity contribution in [3.63, 3.8) is 0 Å². The summed E-state index contributed by atoms with van der Waals surface area (Å²) in [7, 11) is 0. The second-order valence-electron chi connectivity index (χ2n) is 4.89. The quantitative estimate of drug-likeness (QED) is 0.645. The van der Waals surface area contributed by atoms with Crippen LogP contribution in [0.4, 0.5) is 0 Å². The van der Waals surface area contributed by atoms with E-state index in [1.807, 2.05) is 0 Å². The smallest absolute Gasteiger partial charge is 0.0701 e. The zero-order valence-corrected chi connectivity index (χ0v) is 13.9. The normalized spacial score (nSPS) is 11.0. The molecular formula is C18H16BrNS. The van der Waals surface area contributed by atoms with Crippen molar-refractivity contribution in [1.29, 1.82) is 0 Å². The van der Waals surface area contributed by atoms with Crippen LogP contribution in [0, 0.1) is 0 Å². The van der Waals surface area contributed by atoms with Crippen molar-refractivity contribution in [3.8, 4) is 0 Å². The average molecular weight is 358 g/mol. The Hall–Kier alpha value is -1.42. The van der Waals surface area contributed by atoms with Gasteiger partial charge in [-0.3, -0.25) is 0 Å². The van der Waals surface area contributed by atoms with Crippen molar-refractivity contribution in [2.45, 2.75) is 12.6 Å². The summed E-state index contributed by atoms with van der Waals surface area (Å²) in [5, 5.41) is 5.85. The molecule has 21 heavy (non-hydrogen) atoms. The molecule has 2 aromatic carbocycles. The van der Waals surface area contributed by atoms with Crippen molar-refractivity contribution in [3.05, 3.63) is 92.6 Å². The first-order chi connectivity index (χ1) is 10.3. The highest BCUT2D eigenvalue weighted by molar-refractivity contribution is 9.11. The minimum atomic E-state index is 0.214. The van der Waals surface area contributed by atoms with Crippen LogP contribution in [-0.4, -0.2) is 0 Å². The number of hydrogen-bond donors (Lipinski definition) is 1. The monoisotopic (exact) mass is 357 g/mol. The van der Waals surface area contributed by atoms with Gasteiger partial charge in [0.15, 0.2) is 0 Å². The first kappa shape index (κ1) is 14.5. The molecule has 3 heteroatoms. The Balaban J connectivity index is 1.83. The van der Waals surface area contributed by atoms with E-state index in [-0.39, 0.29) is 6.04 Å². The molecule has 3 aromatic rings. The molecule has 0 bridgehead atoms. The molecule has 3 rings (SSSR count). The predicted octanol–water partition coefficient (Wildman–Crippen LogP) is 5.39. The molecule has 0 aliphatic rings. The lowest BCUT2D eigenvalue weighted by Crippen LogP contribution is -2.21. The number of hydrogen-bond acceptors (Lipinski definition) is 2. The first-order valence-electron chi connectivity index (χ1n) is 6.89. The van der Waals surface area contributed by atoms with Gasteiger partial charge in [-0.25, -0.2) is 0 Å². The lowest BCUT2D eigenvalue weighted by atomic mass is 9.98. The highest BCUT2D eigenvalue weighted by atomic mass is 79.9. The van der Waals surface area contributed by atoms with Gasteiger partial charge in [0.25, 0.3) is 0 Å². The fourth-order valence-electron chi connectivity index (χ4n) is 2.38. The second-order valence-corrected chi connectivity index (χ2v) is 7.18. The zero-order chi connectivity index (χ0) is 14.5. The van der Waals surface area contributed by atoms with E-state index in [2.05, 4.69) is 93.4 Å². The molecule has 1 nitrogen and oxygen atoms in total. The van der Waals surface area contributed by atoms with E-state index in [0.29, 0.717) is 0 Å². The van der Waals surface area contributed by atoms with Gasteiger partial charge in [-0.05, 0) is 44.1 Å². The number of halogens is 1. The van der Waals surface area contributed by atoms with Crippen LogP contribution in [0.25, 0.3) is 0 Å². The Morgan fingerprint density at radius 3 is 1.95 bits per heavy atom. The number of nitrogens with one attached hydrogen (secondary N) is 1. The van der Waals surface area contributed by atoms with Crippen molar-refractivity contribution >= 4 is 27.3 Å². The molecule has 0 amide bonds. The Labute approximate surface area is 137 Å². The molecule has 1 heterocycles. The summed E-state index contributed by atoms with van der Waals surface area (Å²) in [6.07, 6.45) is 0. The molecule has 0 saturated heterocycles. The van der Waals surface area contributed by atoms with Gasteiger partial charge in [0.1, 0.15) is 0 Å². The fraction of sp³-hybridized carbons (Fsp3) is 0.111. The Bertz CT molecular complexity index is 639. The van der Waals surface area contributed by atoms with Crippen molar-refractivity contribution in [2.24, 2.45) is 0 Å². The van der Waals surface area contributed by atoms with E-state index < -0.39 is 0 Å². The van der Waals surface area contributed by atoms with Gasteiger partial charge >= 0.3 is 0 Å². The summed E-state index contributed by atoms with van der Waals surface area (Å²) in [6.45, 7) is 0.858. The molecule has 1 aromatic heterocycles.